The highest BCUT2D eigenvalue weighted by atomic mass is 32.1. The monoisotopic (exact) mass is 363 g/mol. The van der Waals surface area contributed by atoms with Crippen LogP contribution in [0.15, 0.2) is 72.4 Å². The van der Waals surface area contributed by atoms with Gasteiger partial charge in [-0.2, -0.15) is 4.73 Å². The van der Waals surface area contributed by atoms with Crippen LogP contribution in [0.3, 0.4) is 0 Å². The average Bonchev–Trinajstić information content (AvgIpc) is 3.33. The van der Waals surface area contributed by atoms with Crippen LogP contribution in [-0.4, -0.2) is 17.4 Å². The number of para-hydroxylation sites is 1. The van der Waals surface area contributed by atoms with E-state index in [1.54, 1.807) is 23.5 Å². The van der Waals surface area contributed by atoms with E-state index in [1.165, 1.54) is 12.3 Å². The van der Waals surface area contributed by atoms with E-state index in [0.717, 1.165) is 21.3 Å². The lowest BCUT2D eigenvalue weighted by atomic mass is 9.96. The van der Waals surface area contributed by atoms with Crippen molar-refractivity contribution < 1.29 is 9.52 Å². The first-order chi connectivity index (χ1) is 12.7. The Morgan fingerprint density at radius 3 is 2.81 bits per heavy atom. The molecule has 0 spiro atoms. The zero-order chi connectivity index (χ0) is 17.9. The van der Waals surface area contributed by atoms with E-state index < -0.39 is 0 Å². The van der Waals surface area contributed by atoms with Crippen LogP contribution in [0.2, 0.25) is 0 Å². The second kappa shape index (κ2) is 7.01. The SMILES string of the molecule is O=C(NCC(c1cccs1)c1c[nH]c2ccccc12)c1cccc[n+]1[O-]. The lowest BCUT2D eigenvalue weighted by Crippen LogP contribution is -2.40. The summed E-state index contributed by atoms with van der Waals surface area (Å²) in [7, 11) is 0. The lowest BCUT2D eigenvalue weighted by molar-refractivity contribution is -0.607. The summed E-state index contributed by atoms with van der Waals surface area (Å²) in [5.41, 5.74) is 2.29. The molecule has 5 nitrogen and oxygen atoms in total. The number of amides is 1. The van der Waals surface area contributed by atoms with Gasteiger partial charge in [0, 0.05) is 46.6 Å². The molecule has 1 amide bonds. The number of fused-ring (bicyclic) bond motifs is 1. The topological polar surface area (TPSA) is 71.8 Å². The van der Waals surface area contributed by atoms with Crippen molar-refractivity contribution >= 4 is 28.1 Å². The van der Waals surface area contributed by atoms with Crippen molar-refractivity contribution in [2.24, 2.45) is 0 Å². The Hall–Kier alpha value is -3.12. The maximum absolute atomic E-state index is 12.4. The molecule has 4 rings (SSSR count). The minimum Gasteiger partial charge on any atom is -0.618 e. The summed E-state index contributed by atoms with van der Waals surface area (Å²) in [6.45, 7) is 0.413. The Morgan fingerprint density at radius 2 is 2.00 bits per heavy atom. The van der Waals surface area contributed by atoms with Gasteiger partial charge < -0.3 is 15.5 Å². The zero-order valence-electron chi connectivity index (χ0n) is 13.9. The molecule has 3 aromatic heterocycles. The van der Waals surface area contributed by atoms with Gasteiger partial charge in [-0.05, 0) is 29.1 Å². The summed E-state index contributed by atoms with van der Waals surface area (Å²) in [5, 5.41) is 17.9. The number of benzene rings is 1. The van der Waals surface area contributed by atoms with Gasteiger partial charge in [0.05, 0.1) is 0 Å². The fourth-order valence-corrected chi connectivity index (χ4v) is 3.97. The number of nitrogens with zero attached hydrogens (tertiary/aromatic N) is 1. The molecule has 0 bridgehead atoms. The van der Waals surface area contributed by atoms with Gasteiger partial charge in [0.1, 0.15) is 0 Å². The van der Waals surface area contributed by atoms with Crippen LogP contribution in [-0.2, 0) is 0 Å². The van der Waals surface area contributed by atoms with Crippen molar-refractivity contribution in [2.45, 2.75) is 5.92 Å². The Bertz CT molecular complexity index is 1040. The second-order valence-electron chi connectivity index (χ2n) is 5.98. The molecule has 0 aliphatic heterocycles. The molecular weight excluding hydrogens is 346 g/mol. The molecule has 1 aromatic carbocycles. The van der Waals surface area contributed by atoms with Gasteiger partial charge in [-0.25, -0.2) is 0 Å². The molecule has 0 radical (unpaired) electrons. The predicted molar refractivity (Wildman–Crippen MR) is 102 cm³/mol. The molecule has 6 heteroatoms. The highest BCUT2D eigenvalue weighted by Crippen LogP contribution is 2.32. The summed E-state index contributed by atoms with van der Waals surface area (Å²) in [4.78, 5) is 16.9. The van der Waals surface area contributed by atoms with Crippen LogP contribution in [0.1, 0.15) is 26.8 Å². The molecule has 0 fully saturated rings. The predicted octanol–water partition coefficient (Wildman–Crippen LogP) is 3.42. The van der Waals surface area contributed by atoms with Crippen molar-refractivity contribution in [3.05, 3.63) is 93.7 Å². The van der Waals surface area contributed by atoms with E-state index in [1.807, 2.05) is 35.8 Å². The third-order valence-electron chi connectivity index (χ3n) is 4.41. The van der Waals surface area contributed by atoms with Crippen molar-refractivity contribution in [1.82, 2.24) is 10.3 Å². The van der Waals surface area contributed by atoms with E-state index in [4.69, 9.17) is 0 Å². The Balaban J connectivity index is 1.63. The highest BCUT2D eigenvalue weighted by molar-refractivity contribution is 7.10. The van der Waals surface area contributed by atoms with E-state index in [2.05, 4.69) is 22.4 Å². The molecule has 0 aliphatic rings. The number of rotatable bonds is 5. The summed E-state index contributed by atoms with van der Waals surface area (Å²) in [5.74, 6) is -0.360. The molecule has 26 heavy (non-hydrogen) atoms. The summed E-state index contributed by atoms with van der Waals surface area (Å²) in [6, 6.07) is 17.0. The van der Waals surface area contributed by atoms with Gasteiger partial charge in [-0.3, -0.25) is 4.79 Å². The second-order valence-corrected chi connectivity index (χ2v) is 6.96. The number of H-pyrrole nitrogens is 1. The number of aromatic nitrogens is 2. The number of nitrogens with one attached hydrogen (secondary N) is 2. The zero-order valence-corrected chi connectivity index (χ0v) is 14.7. The van der Waals surface area contributed by atoms with Crippen molar-refractivity contribution in [3.63, 3.8) is 0 Å². The van der Waals surface area contributed by atoms with Crippen molar-refractivity contribution in [1.29, 1.82) is 0 Å². The maximum atomic E-state index is 12.4. The molecule has 0 saturated heterocycles. The quantitative estimate of drug-likeness (QED) is 0.421. The van der Waals surface area contributed by atoms with Gasteiger partial charge in [0.2, 0.25) is 0 Å². The van der Waals surface area contributed by atoms with Crippen LogP contribution >= 0.6 is 11.3 Å². The van der Waals surface area contributed by atoms with Gasteiger partial charge >= 0.3 is 5.91 Å². The van der Waals surface area contributed by atoms with Crippen LogP contribution in [0, 0.1) is 5.21 Å². The average molecular weight is 363 g/mol. The minimum atomic E-state index is -0.373. The number of carbonyl (C=O) groups is 1. The van der Waals surface area contributed by atoms with E-state index in [9.17, 15) is 10.0 Å². The van der Waals surface area contributed by atoms with E-state index >= 15 is 0 Å². The third kappa shape index (κ3) is 3.07. The summed E-state index contributed by atoms with van der Waals surface area (Å²) < 4.78 is 0.584. The van der Waals surface area contributed by atoms with Crippen molar-refractivity contribution in [3.8, 4) is 0 Å². The molecule has 1 unspecified atom stereocenters. The first-order valence-electron chi connectivity index (χ1n) is 8.30. The number of pyridine rings is 1. The normalized spacial score (nSPS) is 12.2. The van der Waals surface area contributed by atoms with Crippen LogP contribution in [0.5, 0.6) is 0 Å². The number of aromatic amines is 1. The molecule has 1 atom stereocenters. The van der Waals surface area contributed by atoms with Crippen LogP contribution < -0.4 is 10.0 Å². The molecule has 3 heterocycles. The summed E-state index contributed by atoms with van der Waals surface area (Å²) >= 11 is 1.66. The Morgan fingerprint density at radius 1 is 1.15 bits per heavy atom. The minimum absolute atomic E-state index is 0.0129. The molecular formula is C20H17N3O2S. The molecule has 0 saturated carbocycles. The summed E-state index contributed by atoms with van der Waals surface area (Å²) in [6.07, 6.45) is 3.32. The molecule has 0 aliphatic carbocycles. The van der Waals surface area contributed by atoms with Crippen LogP contribution in [0.25, 0.3) is 10.9 Å². The van der Waals surface area contributed by atoms with Gasteiger partial charge in [0.25, 0.3) is 5.69 Å². The molecule has 2 N–H and O–H groups in total. The van der Waals surface area contributed by atoms with Crippen molar-refractivity contribution in [2.75, 3.05) is 6.54 Å². The number of thiophene rings is 1. The Labute approximate surface area is 154 Å². The fraction of sp³-hybridized carbons (Fsp3) is 0.100. The number of hydrogen-bond acceptors (Lipinski definition) is 3. The van der Waals surface area contributed by atoms with E-state index in [0.29, 0.717) is 11.3 Å². The smallest absolute Gasteiger partial charge is 0.317 e. The largest absolute Gasteiger partial charge is 0.618 e. The third-order valence-corrected chi connectivity index (χ3v) is 5.39. The van der Waals surface area contributed by atoms with Gasteiger partial charge in [-0.1, -0.05) is 24.3 Å². The molecule has 4 aromatic rings. The molecule has 130 valence electrons. The number of hydrogen-bond donors (Lipinski definition) is 2. The highest BCUT2D eigenvalue weighted by Gasteiger charge is 2.22. The first-order valence-corrected chi connectivity index (χ1v) is 9.18. The maximum Gasteiger partial charge on any atom is 0.317 e. The lowest BCUT2D eigenvalue weighted by Gasteiger charge is -2.16. The van der Waals surface area contributed by atoms with E-state index in [-0.39, 0.29) is 17.5 Å². The fourth-order valence-electron chi connectivity index (χ4n) is 3.13. The Kier molecular flexibility index (Phi) is 4.41. The standard InChI is InChI=1S/C20H17N3O2S/c24-20(18-8-3-4-10-23(18)25)22-13-16(19-9-5-11-26-19)15-12-21-17-7-2-1-6-14(15)17/h1-12,16,21H,13H2,(H,22,24). The van der Waals surface area contributed by atoms with Gasteiger partial charge in [-0.15, -0.1) is 11.3 Å². The first kappa shape index (κ1) is 16.4. The number of carbonyl (C=O) groups excluding carboxylic acids is 1. The van der Waals surface area contributed by atoms with Gasteiger partial charge in [0.15, 0.2) is 6.20 Å². The van der Waals surface area contributed by atoms with Crippen LogP contribution in [0.4, 0.5) is 0 Å².